The lowest BCUT2D eigenvalue weighted by molar-refractivity contribution is -0.140. The summed E-state index contributed by atoms with van der Waals surface area (Å²) in [4.78, 5) is 15.6. The van der Waals surface area contributed by atoms with Crippen molar-refractivity contribution in [3.05, 3.63) is 82.1 Å². The van der Waals surface area contributed by atoms with Gasteiger partial charge in [-0.2, -0.15) is 13.2 Å². The number of hydrogen-bond acceptors (Lipinski definition) is 4. The molecule has 1 aromatic carbocycles. The number of hydrogen-bond donors (Lipinski definition) is 2. The Labute approximate surface area is 173 Å². The molecule has 0 amide bonds. The SMILES string of the molecule is Fc1c(CNc2ncc(Cc3c[nH]c4ncc(Cl)cc34)cn2)cccc1C(F)(F)F. The van der Waals surface area contributed by atoms with Crippen LogP contribution in [0.1, 0.15) is 22.3 Å². The molecule has 0 radical (unpaired) electrons. The van der Waals surface area contributed by atoms with Crippen molar-refractivity contribution in [3.63, 3.8) is 0 Å². The summed E-state index contributed by atoms with van der Waals surface area (Å²) in [7, 11) is 0. The summed E-state index contributed by atoms with van der Waals surface area (Å²) in [5.41, 5.74) is 1.07. The first-order valence-corrected chi connectivity index (χ1v) is 9.20. The standard InChI is InChI=1S/C20H14ClF4N5/c21-14-5-15-13(9-26-18(15)27-10-14)4-11-6-28-19(29-7-11)30-8-12-2-1-3-16(17(12)22)20(23,24)25/h1-3,5-7,9-10H,4,8H2,(H,26,27)(H,28,29,30). The monoisotopic (exact) mass is 435 g/mol. The molecule has 0 fully saturated rings. The number of H-pyrrole nitrogens is 1. The Morgan fingerprint density at radius 1 is 1.03 bits per heavy atom. The largest absolute Gasteiger partial charge is 0.419 e. The smallest absolute Gasteiger partial charge is 0.350 e. The van der Waals surface area contributed by atoms with E-state index in [-0.39, 0.29) is 18.1 Å². The normalized spacial score (nSPS) is 11.8. The molecule has 4 rings (SSSR count). The number of rotatable bonds is 5. The number of anilines is 1. The van der Waals surface area contributed by atoms with Crippen LogP contribution in [0.2, 0.25) is 5.02 Å². The highest BCUT2D eigenvalue weighted by molar-refractivity contribution is 6.31. The maximum Gasteiger partial charge on any atom is 0.419 e. The van der Waals surface area contributed by atoms with Gasteiger partial charge in [0.05, 0.1) is 10.6 Å². The Hall–Kier alpha value is -3.20. The topological polar surface area (TPSA) is 66.5 Å². The van der Waals surface area contributed by atoms with Gasteiger partial charge >= 0.3 is 6.18 Å². The van der Waals surface area contributed by atoms with Crippen LogP contribution in [-0.4, -0.2) is 19.9 Å². The third-order valence-electron chi connectivity index (χ3n) is 4.50. The molecule has 5 nitrogen and oxygen atoms in total. The lowest BCUT2D eigenvalue weighted by atomic mass is 10.1. The molecule has 0 aliphatic carbocycles. The molecular formula is C20H14ClF4N5. The number of halogens is 5. The molecule has 0 unspecified atom stereocenters. The highest BCUT2D eigenvalue weighted by Crippen LogP contribution is 2.32. The molecule has 4 aromatic rings. The number of fused-ring (bicyclic) bond motifs is 1. The van der Waals surface area contributed by atoms with Crippen molar-refractivity contribution in [1.29, 1.82) is 0 Å². The summed E-state index contributed by atoms with van der Waals surface area (Å²) in [6.45, 7) is -0.179. The van der Waals surface area contributed by atoms with E-state index in [1.54, 1.807) is 18.6 Å². The average molecular weight is 436 g/mol. The number of aromatic nitrogens is 4. The van der Waals surface area contributed by atoms with Crippen LogP contribution >= 0.6 is 11.6 Å². The van der Waals surface area contributed by atoms with Gasteiger partial charge in [0.2, 0.25) is 5.95 Å². The van der Waals surface area contributed by atoms with Crippen LogP contribution in [0.3, 0.4) is 0 Å². The molecule has 0 aliphatic rings. The predicted molar refractivity (Wildman–Crippen MR) is 105 cm³/mol. The highest BCUT2D eigenvalue weighted by atomic mass is 35.5. The van der Waals surface area contributed by atoms with E-state index in [0.29, 0.717) is 17.5 Å². The molecule has 10 heteroatoms. The van der Waals surface area contributed by atoms with Gasteiger partial charge in [0.25, 0.3) is 0 Å². The van der Waals surface area contributed by atoms with Gasteiger partial charge in [-0.3, -0.25) is 0 Å². The first kappa shape index (κ1) is 20.1. The second kappa shape index (κ2) is 7.91. The minimum absolute atomic E-state index is 0.124. The van der Waals surface area contributed by atoms with E-state index >= 15 is 0 Å². The van der Waals surface area contributed by atoms with E-state index in [2.05, 4.69) is 25.3 Å². The Morgan fingerprint density at radius 3 is 2.53 bits per heavy atom. The fraction of sp³-hybridized carbons (Fsp3) is 0.150. The fourth-order valence-corrected chi connectivity index (χ4v) is 3.20. The lowest BCUT2D eigenvalue weighted by Gasteiger charge is -2.12. The van der Waals surface area contributed by atoms with Crippen LogP contribution in [0.25, 0.3) is 11.0 Å². The Balaban J connectivity index is 1.45. The van der Waals surface area contributed by atoms with E-state index in [9.17, 15) is 17.6 Å². The van der Waals surface area contributed by atoms with Gasteiger partial charge in [-0.1, -0.05) is 23.7 Å². The summed E-state index contributed by atoms with van der Waals surface area (Å²) in [5, 5.41) is 4.16. The summed E-state index contributed by atoms with van der Waals surface area (Å²) < 4.78 is 52.5. The number of alkyl halides is 3. The minimum atomic E-state index is -4.75. The molecule has 3 heterocycles. The summed E-state index contributed by atoms with van der Waals surface area (Å²) in [5.74, 6) is -1.13. The maximum atomic E-state index is 14.1. The first-order chi connectivity index (χ1) is 14.3. The number of pyridine rings is 1. The van der Waals surface area contributed by atoms with Crippen molar-refractivity contribution in [2.45, 2.75) is 19.1 Å². The molecule has 0 atom stereocenters. The molecular weight excluding hydrogens is 422 g/mol. The van der Waals surface area contributed by atoms with Crippen LogP contribution in [0.15, 0.2) is 49.1 Å². The van der Waals surface area contributed by atoms with Crippen molar-refractivity contribution >= 4 is 28.6 Å². The van der Waals surface area contributed by atoms with E-state index in [4.69, 9.17) is 11.6 Å². The van der Waals surface area contributed by atoms with Gasteiger partial charge in [0.15, 0.2) is 0 Å². The Morgan fingerprint density at radius 2 is 1.80 bits per heavy atom. The van der Waals surface area contributed by atoms with Gasteiger partial charge < -0.3 is 10.3 Å². The summed E-state index contributed by atoms with van der Waals surface area (Å²) >= 11 is 6.00. The van der Waals surface area contributed by atoms with Crippen LogP contribution < -0.4 is 5.32 Å². The molecule has 0 aliphatic heterocycles. The van der Waals surface area contributed by atoms with E-state index < -0.39 is 17.6 Å². The predicted octanol–water partition coefficient (Wildman–Crippen LogP) is 5.37. The van der Waals surface area contributed by atoms with Crippen molar-refractivity contribution in [2.75, 3.05) is 5.32 Å². The summed E-state index contributed by atoms with van der Waals surface area (Å²) in [6, 6.07) is 4.96. The third kappa shape index (κ3) is 4.20. The van der Waals surface area contributed by atoms with E-state index in [1.165, 1.54) is 6.07 Å². The van der Waals surface area contributed by atoms with Crippen molar-refractivity contribution in [1.82, 2.24) is 19.9 Å². The molecule has 2 N–H and O–H groups in total. The molecule has 0 saturated heterocycles. The summed E-state index contributed by atoms with van der Waals surface area (Å²) in [6.07, 6.45) is 2.35. The second-order valence-corrected chi connectivity index (χ2v) is 7.02. The van der Waals surface area contributed by atoms with Crippen LogP contribution in [-0.2, 0) is 19.1 Å². The van der Waals surface area contributed by atoms with Crippen molar-refractivity contribution in [2.24, 2.45) is 0 Å². The van der Waals surface area contributed by atoms with Crippen molar-refractivity contribution in [3.8, 4) is 0 Å². The Bertz CT molecular complexity index is 1190. The van der Waals surface area contributed by atoms with Gasteiger partial charge in [-0.25, -0.2) is 19.3 Å². The molecule has 154 valence electrons. The fourth-order valence-electron chi connectivity index (χ4n) is 3.05. The Kier molecular flexibility index (Phi) is 5.29. The average Bonchev–Trinajstić information content (AvgIpc) is 3.09. The van der Waals surface area contributed by atoms with Gasteiger partial charge in [-0.05, 0) is 23.3 Å². The molecule has 30 heavy (non-hydrogen) atoms. The van der Waals surface area contributed by atoms with Crippen molar-refractivity contribution < 1.29 is 17.6 Å². The number of benzene rings is 1. The number of nitrogens with one attached hydrogen (secondary N) is 2. The van der Waals surface area contributed by atoms with Gasteiger partial charge in [0, 0.05) is 48.7 Å². The lowest BCUT2D eigenvalue weighted by Crippen LogP contribution is -2.12. The van der Waals surface area contributed by atoms with Gasteiger partial charge in [-0.15, -0.1) is 0 Å². The number of aromatic amines is 1. The van der Waals surface area contributed by atoms with E-state index in [0.717, 1.165) is 28.2 Å². The van der Waals surface area contributed by atoms with Crippen LogP contribution in [0.5, 0.6) is 0 Å². The molecule has 3 aromatic heterocycles. The number of nitrogens with zero attached hydrogens (tertiary/aromatic N) is 3. The molecule has 0 saturated carbocycles. The zero-order valence-electron chi connectivity index (χ0n) is 15.3. The van der Waals surface area contributed by atoms with Crippen LogP contribution in [0, 0.1) is 5.82 Å². The molecule has 0 spiro atoms. The van der Waals surface area contributed by atoms with Gasteiger partial charge in [0.1, 0.15) is 11.5 Å². The van der Waals surface area contributed by atoms with E-state index in [1.807, 2.05) is 12.3 Å². The zero-order chi connectivity index (χ0) is 21.3. The first-order valence-electron chi connectivity index (χ1n) is 8.82. The third-order valence-corrected chi connectivity index (χ3v) is 4.71. The quantitative estimate of drug-likeness (QED) is 0.414. The maximum absolute atomic E-state index is 14.1. The minimum Gasteiger partial charge on any atom is -0.350 e. The second-order valence-electron chi connectivity index (χ2n) is 6.59. The molecule has 0 bridgehead atoms. The highest BCUT2D eigenvalue weighted by Gasteiger charge is 2.34. The van der Waals surface area contributed by atoms with Crippen LogP contribution in [0.4, 0.5) is 23.5 Å². The zero-order valence-corrected chi connectivity index (χ0v) is 16.0.